The molecule has 0 spiro atoms. The predicted octanol–water partition coefficient (Wildman–Crippen LogP) is 3.63. The van der Waals surface area contributed by atoms with Crippen LogP contribution in [-0.4, -0.2) is 38.8 Å². The Kier molecular flexibility index (Phi) is 4.80. The Morgan fingerprint density at radius 3 is 2.81 bits per heavy atom. The second-order valence-electron chi connectivity index (χ2n) is 6.63. The van der Waals surface area contributed by atoms with Crippen LogP contribution < -0.4 is 0 Å². The summed E-state index contributed by atoms with van der Waals surface area (Å²) in [5.74, 6) is 0.526. The highest BCUT2D eigenvalue weighted by molar-refractivity contribution is 6.31. The minimum atomic E-state index is 0.166. The maximum absolute atomic E-state index is 12.5. The summed E-state index contributed by atoms with van der Waals surface area (Å²) in [5.41, 5.74) is 2.73. The van der Waals surface area contributed by atoms with Crippen LogP contribution in [0.4, 0.5) is 0 Å². The highest BCUT2D eigenvalue weighted by Crippen LogP contribution is 2.28. The number of hydrogen-bond donors (Lipinski definition) is 0. The number of piperidine rings is 1. The van der Waals surface area contributed by atoms with Crippen molar-refractivity contribution in [2.45, 2.75) is 25.2 Å². The lowest BCUT2D eigenvalue weighted by Crippen LogP contribution is -2.38. The molecule has 4 heterocycles. The third kappa shape index (κ3) is 3.68. The average molecular weight is 367 g/mol. The molecule has 26 heavy (non-hydrogen) atoms. The van der Waals surface area contributed by atoms with Crippen LogP contribution in [0.1, 0.15) is 30.0 Å². The fourth-order valence-corrected chi connectivity index (χ4v) is 3.61. The molecular weight excluding hydrogens is 348 g/mol. The summed E-state index contributed by atoms with van der Waals surface area (Å²) in [4.78, 5) is 27.5. The number of fused-ring (bicyclic) bond motifs is 1. The van der Waals surface area contributed by atoms with E-state index in [-0.39, 0.29) is 5.91 Å². The molecule has 0 saturated carbocycles. The first-order valence-corrected chi connectivity index (χ1v) is 9.16. The number of amides is 1. The fourth-order valence-electron chi connectivity index (χ4n) is 3.44. The van der Waals surface area contributed by atoms with Crippen molar-refractivity contribution < 1.29 is 4.79 Å². The lowest BCUT2D eigenvalue weighted by Gasteiger charge is -2.32. The van der Waals surface area contributed by atoms with Gasteiger partial charge in [-0.3, -0.25) is 9.78 Å². The van der Waals surface area contributed by atoms with Crippen LogP contribution in [0.5, 0.6) is 0 Å². The quantitative estimate of drug-likeness (QED) is 0.710. The second kappa shape index (κ2) is 7.38. The smallest absolute Gasteiger partial charge is 0.227 e. The Bertz CT molecular complexity index is 924. The lowest BCUT2D eigenvalue weighted by molar-refractivity contribution is -0.131. The number of pyridine rings is 3. The van der Waals surface area contributed by atoms with Gasteiger partial charge >= 0.3 is 0 Å². The molecule has 0 aromatic carbocycles. The van der Waals surface area contributed by atoms with Crippen molar-refractivity contribution in [3.8, 4) is 0 Å². The van der Waals surface area contributed by atoms with E-state index in [0.29, 0.717) is 17.4 Å². The van der Waals surface area contributed by atoms with Crippen molar-refractivity contribution >= 4 is 28.5 Å². The zero-order chi connectivity index (χ0) is 17.9. The van der Waals surface area contributed by atoms with Crippen LogP contribution in [0.15, 0.2) is 48.9 Å². The largest absolute Gasteiger partial charge is 0.342 e. The third-order valence-electron chi connectivity index (χ3n) is 4.87. The Balaban J connectivity index is 1.40. The molecule has 3 aromatic heterocycles. The fraction of sp³-hybridized carbons (Fsp3) is 0.300. The molecule has 0 unspecified atom stereocenters. The molecule has 6 heteroatoms. The van der Waals surface area contributed by atoms with Gasteiger partial charge in [-0.1, -0.05) is 17.7 Å². The van der Waals surface area contributed by atoms with Gasteiger partial charge in [0.05, 0.1) is 11.4 Å². The van der Waals surface area contributed by atoms with Crippen molar-refractivity contribution in [3.05, 3.63) is 65.2 Å². The van der Waals surface area contributed by atoms with Crippen molar-refractivity contribution in [1.82, 2.24) is 19.9 Å². The van der Waals surface area contributed by atoms with E-state index >= 15 is 0 Å². The number of rotatable bonds is 3. The number of halogens is 1. The molecule has 0 bridgehead atoms. The molecule has 0 N–H and O–H groups in total. The van der Waals surface area contributed by atoms with Gasteiger partial charge in [0.1, 0.15) is 0 Å². The van der Waals surface area contributed by atoms with Gasteiger partial charge in [-0.2, -0.15) is 0 Å². The van der Waals surface area contributed by atoms with Crippen molar-refractivity contribution in [3.63, 3.8) is 0 Å². The molecule has 5 nitrogen and oxygen atoms in total. The molecule has 0 atom stereocenters. The maximum atomic E-state index is 12.5. The maximum Gasteiger partial charge on any atom is 0.227 e. The first-order valence-electron chi connectivity index (χ1n) is 8.78. The minimum absolute atomic E-state index is 0.166. The van der Waals surface area contributed by atoms with Gasteiger partial charge in [0.25, 0.3) is 0 Å². The number of nitrogens with zero attached hydrogens (tertiary/aromatic N) is 4. The summed E-state index contributed by atoms with van der Waals surface area (Å²) >= 11 is 5.98. The molecule has 1 saturated heterocycles. The normalized spacial score (nSPS) is 15.3. The van der Waals surface area contributed by atoms with Crippen LogP contribution in [-0.2, 0) is 11.2 Å². The van der Waals surface area contributed by atoms with E-state index in [1.54, 1.807) is 18.6 Å². The summed E-state index contributed by atoms with van der Waals surface area (Å²) < 4.78 is 0. The SMILES string of the molecule is O=C(Cc1cccnc1)N1CCC(c2ccc3cc(Cl)cnc3n2)CC1. The van der Waals surface area contributed by atoms with E-state index in [2.05, 4.69) is 16.0 Å². The second-order valence-corrected chi connectivity index (χ2v) is 7.07. The zero-order valence-corrected chi connectivity index (χ0v) is 15.1. The lowest BCUT2D eigenvalue weighted by atomic mass is 9.92. The van der Waals surface area contributed by atoms with E-state index in [1.807, 2.05) is 29.2 Å². The average Bonchev–Trinajstić information content (AvgIpc) is 2.68. The Morgan fingerprint density at radius 1 is 1.19 bits per heavy atom. The van der Waals surface area contributed by atoms with Crippen molar-refractivity contribution in [1.29, 1.82) is 0 Å². The van der Waals surface area contributed by atoms with Gasteiger partial charge in [-0.25, -0.2) is 9.97 Å². The molecule has 3 aromatic rings. The Labute approximate surface area is 157 Å². The molecule has 1 fully saturated rings. The molecule has 1 aliphatic rings. The van der Waals surface area contributed by atoms with Crippen LogP contribution in [0.3, 0.4) is 0 Å². The number of carbonyl (C=O) groups is 1. The van der Waals surface area contributed by atoms with E-state index in [0.717, 1.165) is 48.2 Å². The number of aromatic nitrogens is 3. The number of likely N-dealkylation sites (tertiary alicyclic amines) is 1. The van der Waals surface area contributed by atoms with E-state index in [1.165, 1.54) is 0 Å². The summed E-state index contributed by atoms with van der Waals surface area (Å²) in [6.07, 6.45) is 7.36. The first-order chi connectivity index (χ1) is 12.7. The van der Waals surface area contributed by atoms with Gasteiger partial charge in [0, 0.05) is 48.7 Å². The van der Waals surface area contributed by atoms with Crippen LogP contribution in [0.2, 0.25) is 5.02 Å². The first kappa shape index (κ1) is 16.9. The molecule has 0 radical (unpaired) electrons. The highest BCUT2D eigenvalue weighted by atomic mass is 35.5. The number of carbonyl (C=O) groups excluding carboxylic acids is 1. The van der Waals surface area contributed by atoms with Crippen LogP contribution in [0, 0.1) is 0 Å². The predicted molar refractivity (Wildman–Crippen MR) is 101 cm³/mol. The van der Waals surface area contributed by atoms with Crippen LogP contribution >= 0.6 is 11.6 Å². The van der Waals surface area contributed by atoms with Crippen molar-refractivity contribution in [2.24, 2.45) is 0 Å². The molecular formula is C20H19ClN4O. The van der Waals surface area contributed by atoms with Gasteiger partial charge in [0.2, 0.25) is 5.91 Å². The van der Waals surface area contributed by atoms with Gasteiger partial charge < -0.3 is 4.90 Å². The summed E-state index contributed by atoms with van der Waals surface area (Å²) in [6.45, 7) is 1.52. The van der Waals surface area contributed by atoms with Gasteiger partial charge in [-0.15, -0.1) is 0 Å². The molecule has 1 amide bonds. The molecule has 1 aliphatic heterocycles. The summed E-state index contributed by atoms with van der Waals surface area (Å²) in [6, 6.07) is 9.76. The Morgan fingerprint density at radius 2 is 2.04 bits per heavy atom. The standard InChI is InChI=1S/C20H19ClN4O/c21-17-11-16-3-4-18(24-20(16)23-13-17)15-5-8-25(9-6-15)19(26)10-14-2-1-7-22-12-14/h1-4,7,11-13,15H,5-6,8-10H2. The molecule has 4 rings (SSSR count). The molecule has 0 aliphatic carbocycles. The Hall–Kier alpha value is -2.53. The summed E-state index contributed by atoms with van der Waals surface area (Å²) in [7, 11) is 0. The zero-order valence-electron chi connectivity index (χ0n) is 14.3. The van der Waals surface area contributed by atoms with E-state index in [9.17, 15) is 4.79 Å². The third-order valence-corrected chi connectivity index (χ3v) is 5.08. The summed E-state index contributed by atoms with van der Waals surface area (Å²) in [5, 5.41) is 1.57. The van der Waals surface area contributed by atoms with Gasteiger partial charge in [-0.05, 0) is 42.7 Å². The van der Waals surface area contributed by atoms with E-state index < -0.39 is 0 Å². The molecule has 132 valence electrons. The topological polar surface area (TPSA) is 59.0 Å². The van der Waals surface area contributed by atoms with Gasteiger partial charge in [0.15, 0.2) is 5.65 Å². The minimum Gasteiger partial charge on any atom is -0.342 e. The van der Waals surface area contributed by atoms with Crippen LogP contribution in [0.25, 0.3) is 11.0 Å². The van der Waals surface area contributed by atoms with Crippen molar-refractivity contribution in [2.75, 3.05) is 13.1 Å². The van der Waals surface area contributed by atoms with E-state index in [4.69, 9.17) is 16.6 Å². The number of hydrogen-bond acceptors (Lipinski definition) is 4. The monoisotopic (exact) mass is 366 g/mol. The highest BCUT2D eigenvalue weighted by Gasteiger charge is 2.24.